The minimum Gasteiger partial charge on any atom is -0.340 e. The lowest BCUT2D eigenvalue weighted by Gasteiger charge is -2.12. The Hall–Kier alpha value is -5.21. The number of aromatic nitrogens is 13. The summed E-state index contributed by atoms with van der Waals surface area (Å²) in [5.41, 5.74) is 3.94. The summed E-state index contributed by atoms with van der Waals surface area (Å²) in [6, 6.07) is 8.60. The van der Waals surface area contributed by atoms with Gasteiger partial charge in [-0.15, -0.1) is 15.3 Å². The molecule has 2 aliphatic rings. The van der Waals surface area contributed by atoms with Gasteiger partial charge in [0.25, 0.3) is 5.78 Å². The van der Waals surface area contributed by atoms with Gasteiger partial charge < -0.3 is 9.80 Å². The highest BCUT2D eigenvalue weighted by Crippen LogP contribution is 2.28. The minimum atomic E-state index is 0.585. The highest BCUT2D eigenvalue weighted by molar-refractivity contribution is 5.64. The first-order valence-electron chi connectivity index (χ1n) is 16.2. The van der Waals surface area contributed by atoms with Crippen LogP contribution in [0.3, 0.4) is 0 Å². The molecule has 0 unspecified atom stereocenters. The molecule has 0 atom stereocenters. The average Bonchev–Trinajstić information content (AvgIpc) is 3.51. The Morgan fingerprint density at radius 1 is 0.809 bits per heavy atom. The zero-order valence-electron chi connectivity index (χ0n) is 27.9. The summed E-state index contributed by atoms with van der Waals surface area (Å²) in [6.07, 6.45) is 10.2. The van der Waals surface area contributed by atoms with Crippen molar-refractivity contribution >= 4 is 35.5 Å². The molecule has 2 fully saturated rings. The summed E-state index contributed by atoms with van der Waals surface area (Å²) in [5, 5.41) is 18.1. The smallest absolute Gasteiger partial charge is 0.253 e. The first-order valence-corrected chi connectivity index (χ1v) is 16.2. The molecule has 0 aromatic carbocycles. The highest BCUT2D eigenvalue weighted by Gasteiger charge is 2.28. The van der Waals surface area contributed by atoms with E-state index in [4.69, 9.17) is 4.98 Å². The average molecular weight is 636 g/mol. The van der Waals surface area contributed by atoms with E-state index < -0.39 is 0 Å². The van der Waals surface area contributed by atoms with Gasteiger partial charge in [-0.1, -0.05) is 6.07 Å². The van der Waals surface area contributed by atoms with Crippen molar-refractivity contribution in [1.29, 1.82) is 0 Å². The fraction of sp³-hybridized carbons (Fsp3) is 0.469. The molecule has 6 aromatic rings. The van der Waals surface area contributed by atoms with E-state index >= 15 is 0 Å². The van der Waals surface area contributed by atoms with Gasteiger partial charge in [-0.25, -0.2) is 23.7 Å². The maximum absolute atomic E-state index is 4.69. The molecule has 0 bridgehead atoms. The van der Waals surface area contributed by atoms with E-state index in [1.807, 2.05) is 87.5 Å². The number of nitrogens with zero attached hydrogens (tertiary/aromatic N) is 15. The first kappa shape index (κ1) is 30.4. The SMILES string of the molecule is Cc1cc(C)n2nc(/C=C/c3nc(N(C)C4CC4)nn3C)nc2n1.Cc1cccc2nc(CCc3nc(N4CCCC4)nn3C)nn12. The van der Waals surface area contributed by atoms with Crippen LogP contribution in [-0.2, 0) is 26.9 Å². The molecule has 1 saturated heterocycles. The number of anilines is 2. The maximum atomic E-state index is 4.69. The van der Waals surface area contributed by atoms with Crippen LogP contribution in [0.4, 0.5) is 11.9 Å². The number of rotatable bonds is 8. The molecule has 6 aromatic heterocycles. The normalized spacial score (nSPS) is 14.9. The molecule has 244 valence electrons. The predicted molar refractivity (Wildman–Crippen MR) is 179 cm³/mol. The van der Waals surface area contributed by atoms with E-state index in [1.54, 1.807) is 9.20 Å². The van der Waals surface area contributed by atoms with Gasteiger partial charge >= 0.3 is 0 Å². The number of hydrogen-bond acceptors (Lipinski definition) is 11. The lowest BCUT2D eigenvalue weighted by atomic mass is 10.3. The second kappa shape index (κ2) is 12.5. The predicted octanol–water partition coefficient (Wildman–Crippen LogP) is 3.19. The fourth-order valence-electron chi connectivity index (χ4n) is 5.78. The van der Waals surface area contributed by atoms with Gasteiger partial charge in [-0.3, -0.25) is 4.68 Å². The van der Waals surface area contributed by atoms with Crippen molar-refractivity contribution in [2.75, 3.05) is 29.9 Å². The highest BCUT2D eigenvalue weighted by atomic mass is 15.4. The van der Waals surface area contributed by atoms with Crippen LogP contribution in [0.1, 0.15) is 66.1 Å². The summed E-state index contributed by atoms with van der Waals surface area (Å²) < 4.78 is 7.29. The Kier molecular flexibility index (Phi) is 8.12. The lowest BCUT2D eigenvalue weighted by Crippen LogP contribution is -2.20. The zero-order chi connectivity index (χ0) is 32.7. The zero-order valence-corrected chi connectivity index (χ0v) is 27.9. The van der Waals surface area contributed by atoms with E-state index in [-0.39, 0.29) is 0 Å². The van der Waals surface area contributed by atoms with Crippen molar-refractivity contribution in [3.05, 3.63) is 64.6 Å². The summed E-state index contributed by atoms with van der Waals surface area (Å²) in [7, 11) is 5.90. The second-order valence-corrected chi connectivity index (χ2v) is 12.4. The number of hydrogen-bond donors (Lipinski definition) is 0. The van der Waals surface area contributed by atoms with Gasteiger partial charge in [0.2, 0.25) is 11.9 Å². The molecule has 7 heterocycles. The van der Waals surface area contributed by atoms with Crippen LogP contribution < -0.4 is 9.80 Å². The topological polar surface area (TPSA) is 141 Å². The third kappa shape index (κ3) is 6.55. The largest absolute Gasteiger partial charge is 0.340 e. The number of aryl methyl sites for hydroxylation is 7. The van der Waals surface area contributed by atoms with Gasteiger partial charge in [0.15, 0.2) is 23.1 Å². The Morgan fingerprint density at radius 2 is 1.62 bits per heavy atom. The van der Waals surface area contributed by atoms with E-state index in [1.165, 1.54) is 25.7 Å². The molecule has 8 rings (SSSR count). The minimum absolute atomic E-state index is 0.585. The lowest BCUT2D eigenvalue weighted by molar-refractivity contribution is 0.681. The third-order valence-electron chi connectivity index (χ3n) is 8.61. The van der Waals surface area contributed by atoms with Gasteiger partial charge in [-0.2, -0.15) is 20.1 Å². The molecule has 0 radical (unpaired) electrons. The summed E-state index contributed by atoms with van der Waals surface area (Å²) in [6.45, 7) is 8.12. The Bertz CT molecular complexity index is 2050. The van der Waals surface area contributed by atoms with Crippen LogP contribution in [-0.4, -0.2) is 89.9 Å². The van der Waals surface area contributed by atoms with Gasteiger partial charge in [-0.05, 0) is 76.8 Å². The quantitative estimate of drug-likeness (QED) is 0.243. The van der Waals surface area contributed by atoms with Gasteiger partial charge in [0.05, 0.1) is 0 Å². The van der Waals surface area contributed by atoms with Crippen molar-refractivity contribution < 1.29 is 0 Å². The van der Waals surface area contributed by atoms with Crippen LogP contribution in [0.2, 0.25) is 0 Å². The summed E-state index contributed by atoms with van der Waals surface area (Å²) >= 11 is 0. The van der Waals surface area contributed by atoms with Gasteiger partial charge in [0.1, 0.15) is 5.82 Å². The van der Waals surface area contributed by atoms with Crippen molar-refractivity contribution in [3.8, 4) is 0 Å². The van der Waals surface area contributed by atoms with E-state index in [0.717, 1.165) is 78.0 Å². The number of pyridine rings is 1. The Labute approximate surface area is 273 Å². The van der Waals surface area contributed by atoms with Crippen molar-refractivity contribution in [2.45, 2.75) is 65.3 Å². The van der Waals surface area contributed by atoms with Crippen LogP contribution in [0.5, 0.6) is 0 Å². The van der Waals surface area contributed by atoms with E-state index in [2.05, 4.69) is 50.1 Å². The van der Waals surface area contributed by atoms with E-state index in [9.17, 15) is 0 Å². The van der Waals surface area contributed by atoms with Crippen LogP contribution in [0.25, 0.3) is 23.6 Å². The van der Waals surface area contributed by atoms with Crippen molar-refractivity contribution in [3.63, 3.8) is 0 Å². The summed E-state index contributed by atoms with van der Waals surface area (Å²) in [5.74, 6) is 5.45. The van der Waals surface area contributed by atoms with E-state index in [0.29, 0.717) is 17.6 Å². The molecule has 1 aliphatic heterocycles. The monoisotopic (exact) mass is 635 g/mol. The standard InChI is InChI=1S/C16H20N8.C16H21N7/c1-10-9-11(2)24-15(17-10)18-13(20-24)7-8-14-19-16(21-23(14)4)22(3)12-5-6-12;1-12-6-5-7-15-17-13(19-23(12)15)8-9-14-18-16(20-21(14)2)22-10-3-4-11-22/h7-9,12H,5-6H2,1-4H3;5-7H,3-4,8-11H2,1-2H3/b8-7+;. The molecule has 1 saturated carbocycles. The molecule has 15 heteroatoms. The molecule has 15 nitrogen and oxygen atoms in total. The molecular weight excluding hydrogens is 594 g/mol. The van der Waals surface area contributed by atoms with Crippen molar-refractivity contribution in [2.24, 2.45) is 14.1 Å². The molecule has 1 aliphatic carbocycles. The summed E-state index contributed by atoms with van der Waals surface area (Å²) in [4.78, 5) is 27.1. The maximum Gasteiger partial charge on any atom is 0.253 e. The first-order chi connectivity index (χ1) is 22.7. The van der Waals surface area contributed by atoms with Gasteiger partial charge in [0, 0.05) is 70.2 Å². The van der Waals surface area contributed by atoms with Crippen LogP contribution in [0, 0.1) is 20.8 Å². The molecule has 0 N–H and O–H groups in total. The fourth-order valence-corrected chi connectivity index (χ4v) is 5.78. The Morgan fingerprint density at radius 3 is 2.38 bits per heavy atom. The van der Waals surface area contributed by atoms with Crippen molar-refractivity contribution in [1.82, 2.24) is 63.7 Å². The number of fused-ring (bicyclic) bond motifs is 2. The second-order valence-electron chi connectivity index (χ2n) is 12.4. The molecule has 47 heavy (non-hydrogen) atoms. The van der Waals surface area contributed by atoms with Crippen LogP contribution >= 0.6 is 0 Å². The molecule has 0 spiro atoms. The third-order valence-corrected chi connectivity index (χ3v) is 8.61. The Balaban J connectivity index is 0.000000150. The molecule has 0 amide bonds. The van der Waals surface area contributed by atoms with Crippen LogP contribution in [0.15, 0.2) is 24.3 Å². The molecular formula is C32H41N15.